The smallest absolute Gasteiger partial charge is 0.169 e. The minimum absolute atomic E-state index is 0.00343. The molecule has 0 bridgehead atoms. The second-order valence-corrected chi connectivity index (χ2v) is 4.31. The molecule has 0 aliphatic heterocycles. The summed E-state index contributed by atoms with van der Waals surface area (Å²) in [5.74, 6) is 1.81. The summed E-state index contributed by atoms with van der Waals surface area (Å²) in [6.07, 6.45) is 3.72. The Bertz CT molecular complexity index is 463. The molecule has 4 nitrogen and oxygen atoms in total. The largest absolute Gasteiger partial charge is 0.452 e. The van der Waals surface area contributed by atoms with E-state index >= 15 is 0 Å². The Morgan fingerprint density at radius 1 is 1.56 bits per heavy atom. The zero-order valence-corrected chi connectivity index (χ0v) is 10.9. The minimum atomic E-state index is -0.00343. The number of hydrogen-bond acceptors (Lipinski definition) is 3. The Labute approximate surface area is 103 Å². The summed E-state index contributed by atoms with van der Waals surface area (Å²) in [6.45, 7) is 2.92. The normalized spacial score (nSPS) is 12.9. The van der Waals surface area contributed by atoms with Gasteiger partial charge in [-0.1, -0.05) is 6.92 Å². The van der Waals surface area contributed by atoms with Gasteiger partial charge in [-0.3, -0.25) is 0 Å². The molecule has 2 aromatic heterocycles. The summed E-state index contributed by atoms with van der Waals surface area (Å²) < 4.78 is 8.30. The number of furan rings is 1. The molecule has 1 unspecified atom stereocenters. The molecule has 0 saturated carbocycles. The molecule has 0 amide bonds. The first kappa shape index (κ1) is 11.4. The van der Waals surface area contributed by atoms with E-state index in [0.717, 1.165) is 22.8 Å². The Hall–Kier alpha value is -1.07. The van der Waals surface area contributed by atoms with Gasteiger partial charge in [0.1, 0.15) is 17.6 Å². The fourth-order valence-electron chi connectivity index (χ4n) is 1.66. The lowest BCUT2D eigenvalue weighted by Gasteiger charge is -2.15. The number of rotatable bonds is 4. The molecule has 16 heavy (non-hydrogen) atoms. The van der Waals surface area contributed by atoms with Crippen LogP contribution in [0.1, 0.15) is 24.6 Å². The topological polar surface area (TPSA) is 43.0 Å². The molecular formula is C11H14BrN3O. The van der Waals surface area contributed by atoms with Crippen LogP contribution in [0.25, 0.3) is 0 Å². The van der Waals surface area contributed by atoms with Crippen LogP contribution in [0, 0.1) is 0 Å². The third-order valence-electron chi connectivity index (χ3n) is 2.40. The average Bonchev–Trinajstić information content (AvgIpc) is 2.84. The SMILES string of the molecule is CCNC(c1ccc(Br)o1)c1nccn1C. The van der Waals surface area contributed by atoms with E-state index in [9.17, 15) is 0 Å². The zero-order chi connectivity index (χ0) is 11.5. The molecule has 0 radical (unpaired) electrons. The van der Waals surface area contributed by atoms with Crippen molar-refractivity contribution < 1.29 is 4.42 Å². The van der Waals surface area contributed by atoms with Crippen LogP contribution in [0.3, 0.4) is 0 Å². The van der Waals surface area contributed by atoms with Crippen LogP contribution in [-0.4, -0.2) is 16.1 Å². The highest BCUT2D eigenvalue weighted by Crippen LogP contribution is 2.24. The summed E-state index contributed by atoms with van der Waals surface area (Å²) in [4.78, 5) is 4.35. The van der Waals surface area contributed by atoms with E-state index in [-0.39, 0.29) is 6.04 Å². The second kappa shape index (κ2) is 4.84. The standard InChI is InChI=1S/C11H14BrN3O/c1-3-13-10(8-4-5-9(12)16-8)11-14-6-7-15(11)2/h4-7,10,13H,3H2,1-2H3. The zero-order valence-electron chi connectivity index (χ0n) is 9.27. The van der Waals surface area contributed by atoms with Gasteiger partial charge in [0.05, 0.1) is 0 Å². The van der Waals surface area contributed by atoms with E-state index in [1.165, 1.54) is 0 Å². The molecule has 2 heterocycles. The second-order valence-electron chi connectivity index (χ2n) is 3.53. The Balaban J connectivity index is 2.34. The maximum Gasteiger partial charge on any atom is 0.169 e. The first-order chi connectivity index (χ1) is 7.72. The van der Waals surface area contributed by atoms with Gasteiger partial charge in [0.15, 0.2) is 4.67 Å². The predicted molar refractivity (Wildman–Crippen MR) is 65.1 cm³/mol. The Morgan fingerprint density at radius 2 is 2.38 bits per heavy atom. The summed E-state index contributed by atoms with van der Waals surface area (Å²) >= 11 is 3.31. The van der Waals surface area contributed by atoms with E-state index in [2.05, 4.69) is 33.2 Å². The van der Waals surface area contributed by atoms with E-state index in [1.807, 2.05) is 29.9 Å². The van der Waals surface area contributed by atoms with E-state index in [4.69, 9.17) is 4.42 Å². The summed E-state index contributed by atoms with van der Waals surface area (Å²) in [7, 11) is 1.98. The van der Waals surface area contributed by atoms with E-state index < -0.39 is 0 Å². The van der Waals surface area contributed by atoms with Gasteiger partial charge in [-0.25, -0.2) is 4.98 Å². The maximum atomic E-state index is 5.58. The van der Waals surface area contributed by atoms with Crippen LogP contribution in [-0.2, 0) is 7.05 Å². The lowest BCUT2D eigenvalue weighted by molar-refractivity contribution is 0.423. The van der Waals surface area contributed by atoms with Crippen LogP contribution < -0.4 is 5.32 Å². The molecule has 1 N–H and O–H groups in total. The van der Waals surface area contributed by atoms with Crippen LogP contribution >= 0.6 is 15.9 Å². The van der Waals surface area contributed by atoms with Gasteiger partial charge in [-0.2, -0.15) is 0 Å². The van der Waals surface area contributed by atoms with Crippen LogP contribution in [0.2, 0.25) is 0 Å². The molecule has 5 heteroatoms. The fourth-order valence-corrected chi connectivity index (χ4v) is 1.98. The third kappa shape index (κ3) is 2.20. The maximum absolute atomic E-state index is 5.58. The number of halogens is 1. The van der Waals surface area contributed by atoms with Crippen molar-refractivity contribution in [1.29, 1.82) is 0 Å². The number of nitrogens with one attached hydrogen (secondary N) is 1. The molecule has 0 saturated heterocycles. The van der Waals surface area contributed by atoms with Gasteiger partial charge in [0.2, 0.25) is 0 Å². The quantitative estimate of drug-likeness (QED) is 0.938. The van der Waals surface area contributed by atoms with Gasteiger partial charge in [-0.05, 0) is 34.6 Å². The highest BCUT2D eigenvalue weighted by Gasteiger charge is 2.20. The highest BCUT2D eigenvalue weighted by atomic mass is 79.9. The minimum Gasteiger partial charge on any atom is -0.452 e. The van der Waals surface area contributed by atoms with Gasteiger partial charge in [-0.15, -0.1) is 0 Å². The molecule has 0 aliphatic rings. The number of hydrogen-bond donors (Lipinski definition) is 1. The van der Waals surface area contributed by atoms with Crippen molar-refractivity contribution in [2.45, 2.75) is 13.0 Å². The molecule has 2 aromatic rings. The molecule has 86 valence electrons. The molecule has 2 rings (SSSR count). The van der Waals surface area contributed by atoms with Crippen molar-refractivity contribution in [2.24, 2.45) is 7.05 Å². The lowest BCUT2D eigenvalue weighted by atomic mass is 10.2. The van der Waals surface area contributed by atoms with Crippen molar-refractivity contribution in [1.82, 2.24) is 14.9 Å². The number of aromatic nitrogens is 2. The van der Waals surface area contributed by atoms with E-state index in [0.29, 0.717) is 0 Å². The van der Waals surface area contributed by atoms with Crippen molar-refractivity contribution >= 4 is 15.9 Å². The monoisotopic (exact) mass is 283 g/mol. The number of aryl methyl sites for hydroxylation is 1. The van der Waals surface area contributed by atoms with Crippen molar-refractivity contribution in [3.05, 3.63) is 40.8 Å². The van der Waals surface area contributed by atoms with Crippen LogP contribution in [0.4, 0.5) is 0 Å². The molecule has 0 fully saturated rings. The number of imidazole rings is 1. The Morgan fingerprint density at radius 3 is 2.88 bits per heavy atom. The summed E-state index contributed by atoms with van der Waals surface area (Å²) in [6, 6.07) is 3.84. The summed E-state index contributed by atoms with van der Waals surface area (Å²) in [5.41, 5.74) is 0. The van der Waals surface area contributed by atoms with Gasteiger partial charge in [0, 0.05) is 19.4 Å². The van der Waals surface area contributed by atoms with E-state index in [1.54, 1.807) is 6.20 Å². The van der Waals surface area contributed by atoms with Crippen molar-refractivity contribution in [3.63, 3.8) is 0 Å². The van der Waals surface area contributed by atoms with Crippen LogP contribution in [0.5, 0.6) is 0 Å². The average molecular weight is 284 g/mol. The molecule has 0 spiro atoms. The first-order valence-corrected chi connectivity index (χ1v) is 5.97. The molecule has 0 aliphatic carbocycles. The van der Waals surface area contributed by atoms with Gasteiger partial charge >= 0.3 is 0 Å². The lowest BCUT2D eigenvalue weighted by Crippen LogP contribution is -2.24. The Kier molecular flexibility index (Phi) is 3.46. The summed E-state index contributed by atoms with van der Waals surface area (Å²) in [5, 5.41) is 3.36. The predicted octanol–water partition coefficient (Wildman–Crippen LogP) is 2.47. The van der Waals surface area contributed by atoms with Gasteiger partial charge in [0.25, 0.3) is 0 Å². The van der Waals surface area contributed by atoms with Crippen molar-refractivity contribution in [3.8, 4) is 0 Å². The molecular weight excluding hydrogens is 270 g/mol. The van der Waals surface area contributed by atoms with Crippen molar-refractivity contribution in [2.75, 3.05) is 6.54 Å². The van der Waals surface area contributed by atoms with Gasteiger partial charge < -0.3 is 14.3 Å². The molecule has 0 aromatic carbocycles. The highest BCUT2D eigenvalue weighted by molar-refractivity contribution is 9.10. The van der Waals surface area contributed by atoms with Crippen LogP contribution in [0.15, 0.2) is 33.6 Å². The number of nitrogens with zero attached hydrogens (tertiary/aromatic N) is 2. The first-order valence-electron chi connectivity index (χ1n) is 5.18. The third-order valence-corrected chi connectivity index (χ3v) is 2.83. The fraction of sp³-hybridized carbons (Fsp3) is 0.364. The molecule has 1 atom stereocenters.